The number of amides is 1. The van der Waals surface area contributed by atoms with Crippen LogP contribution in [0.1, 0.15) is 66.7 Å². The third-order valence-electron chi connectivity index (χ3n) is 4.21. The zero-order chi connectivity index (χ0) is 15.3. The quantitative estimate of drug-likeness (QED) is 0.646. The van der Waals surface area contributed by atoms with Crippen molar-refractivity contribution in [1.29, 1.82) is 0 Å². The molecule has 0 heterocycles. The molecule has 1 fully saturated rings. The maximum Gasteiger partial charge on any atom is 0.237 e. The van der Waals surface area contributed by atoms with Crippen LogP contribution in [0.3, 0.4) is 0 Å². The van der Waals surface area contributed by atoms with E-state index in [2.05, 4.69) is 37.9 Å². The number of hydrogen-bond donors (Lipinski definition) is 2. The van der Waals surface area contributed by atoms with E-state index in [0.29, 0.717) is 6.04 Å². The molecule has 4 heteroatoms. The number of nitrogens with zero attached hydrogens (tertiary/aromatic N) is 1. The van der Waals surface area contributed by atoms with Crippen molar-refractivity contribution in [3.05, 3.63) is 0 Å². The van der Waals surface area contributed by atoms with E-state index in [4.69, 9.17) is 5.73 Å². The first-order chi connectivity index (χ1) is 9.30. The summed E-state index contributed by atoms with van der Waals surface area (Å²) in [5.41, 5.74) is 5.02. The van der Waals surface area contributed by atoms with Crippen molar-refractivity contribution in [2.24, 2.45) is 5.73 Å². The molecule has 118 valence electrons. The molecule has 0 aliphatic heterocycles. The zero-order valence-electron chi connectivity index (χ0n) is 13.9. The van der Waals surface area contributed by atoms with Gasteiger partial charge in [0.15, 0.2) is 0 Å². The maximum atomic E-state index is 11.9. The lowest BCUT2D eigenvalue weighted by molar-refractivity contribution is -0.125. The Balaban J connectivity index is 2.67. The number of hydrogen-bond acceptors (Lipinski definition) is 3. The summed E-state index contributed by atoms with van der Waals surface area (Å²) >= 11 is 0. The van der Waals surface area contributed by atoms with Gasteiger partial charge in [-0.3, -0.25) is 9.69 Å². The van der Waals surface area contributed by atoms with Crippen LogP contribution in [0.4, 0.5) is 0 Å². The third kappa shape index (κ3) is 5.06. The van der Waals surface area contributed by atoms with Gasteiger partial charge >= 0.3 is 0 Å². The van der Waals surface area contributed by atoms with Crippen LogP contribution in [0, 0.1) is 0 Å². The van der Waals surface area contributed by atoms with E-state index in [-0.39, 0.29) is 11.9 Å². The number of carbonyl (C=O) groups is 1. The normalized spacial score (nSPS) is 20.1. The van der Waals surface area contributed by atoms with E-state index in [1.54, 1.807) is 0 Å². The molecule has 20 heavy (non-hydrogen) atoms. The second-order valence-corrected chi connectivity index (χ2v) is 6.87. The van der Waals surface area contributed by atoms with Crippen molar-refractivity contribution >= 4 is 5.91 Å². The smallest absolute Gasteiger partial charge is 0.237 e. The minimum atomic E-state index is -0.618. The highest BCUT2D eigenvalue weighted by atomic mass is 16.1. The molecule has 2 atom stereocenters. The first-order valence-corrected chi connectivity index (χ1v) is 8.13. The molecule has 0 radical (unpaired) electrons. The molecule has 0 saturated heterocycles. The number of nitrogens with one attached hydrogen (secondary N) is 1. The van der Waals surface area contributed by atoms with E-state index >= 15 is 0 Å². The highest BCUT2D eigenvalue weighted by Gasteiger charge is 2.38. The van der Waals surface area contributed by atoms with Crippen molar-refractivity contribution in [3.8, 4) is 0 Å². The first kappa shape index (κ1) is 17.4. The lowest BCUT2D eigenvalue weighted by Crippen LogP contribution is -2.58. The summed E-state index contributed by atoms with van der Waals surface area (Å²) in [4.78, 5) is 14.4. The Labute approximate surface area is 124 Å². The molecule has 0 spiro atoms. The highest BCUT2D eigenvalue weighted by molar-refractivity contribution is 5.84. The lowest BCUT2D eigenvalue weighted by atomic mass is 9.91. The molecule has 4 nitrogen and oxygen atoms in total. The number of nitrogens with two attached hydrogens (primary N) is 1. The molecule has 0 aromatic rings. The van der Waals surface area contributed by atoms with Crippen LogP contribution < -0.4 is 11.1 Å². The molecule has 1 aliphatic rings. The van der Waals surface area contributed by atoms with E-state index in [9.17, 15) is 4.79 Å². The predicted molar refractivity (Wildman–Crippen MR) is 84.6 cm³/mol. The van der Waals surface area contributed by atoms with Crippen LogP contribution >= 0.6 is 0 Å². The number of unbranched alkanes of at least 4 members (excludes halogenated alkanes) is 1. The predicted octanol–water partition coefficient (Wildman–Crippen LogP) is 2.27. The Morgan fingerprint density at radius 1 is 1.40 bits per heavy atom. The largest absolute Gasteiger partial charge is 0.368 e. The molecule has 1 aliphatic carbocycles. The molecule has 3 N–H and O–H groups in total. The van der Waals surface area contributed by atoms with Crippen molar-refractivity contribution in [3.63, 3.8) is 0 Å². The SMILES string of the molecule is CCCCN(C(C)CC(C)(NC(C)C)C(N)=O)C1CC1. The van der Waals surface area contributed by atoms with E-state index in [1.807, 2.05) is 6.92 Å². The minimum absolute atomic E-state index is 0.246. The van der Waals surface area contributed by atoms with Gasteiger partial charge in [0.2, 0.25) is 5.91 Å². The summed E-state index contributed by atoms with van der Waals surface area (Å²) in [7, 11) is 0. The summed E-state index contributed by atoms with van der Waals surface area (Å²) in [5.74, 6) is -0.246. The Hall–Kier alpha value is -0.610. The zero-order valence-corrected chi connectivity index (χ0v) is 13.9. The van der Waals surface area contributed by atoms with E-state index in [1.165, 1.54) is 25.7 Å². The Kier molecular flexibility index (Phi) is 6.46. The van der Waals surface area contributed by atoms with Gasteiger partial charge in [-0.05, 0) is 59.9 Å². The second kappa shape index (κ2) is 7.41. The van der Waals surface area contributed by atoms with Crippen LogP contribution in [0.2, 0.25) is 0 Å². The van der Waals surface area contributed by atoms with Gasteiger partial charge in [0.1, 0.15) is 0 Å². The molecule has 1 rings (SSSR count). The minimum Gasteiger partial charge on any atom is -0.368 e. The van der Waals surface area contributed by atoms with Gasteiger partial charge < -0.3 is 11.1 Å². The highest BCUT2D eigenvalue weighted by Crippen LogP contribution is 2.31. The lowest BCUT2D eigenvalue weighted by Gasteiger charge is -2.37. The van der Waals surface area contributed by atoms with Crippen LogP contribution in [0.15, 0.2) is 0 Å². The second-order valence-electron chi connectivity index (χ2n) is 6.87. The molecule has 1 amide bonds. The van der Waals surface area contributed by atoms with Gasteiger partial charge in [-0.2, -0.15) is 0 Å². The molecular formula is C16H33N3O. The molecule has 2 unspecified atom stereocenters. The third-order valence-corrected chi connectivity index (χ3v) is 4.21. The number of rotatable bonds is 10. The number of carbonyl (C=O) groups excluding carboxylic acids is 1. The van der Waals surface area contributed by atoms with Crippen LogP contribution in [-0.4, -0.2) is 41.0 Å². The standard InChI is InChI=1S/C16H33N3O/c1-6-7-10-19(14-8-9-14)13(4)11-16(5,15(17)20)18-12(2)3/h12-14,18H,6-11H2,1-5H3,(H2,17,20). The van der Waals surface area contributed by atoms with Gasteiger partial charge in [0.25, 0.3) is 0 Å². The van der Waals surface area contributed by atoms with E-state index < -0.39 is 5.54 Å². The van der Waals surface area contributed by atoms with Crippen LogP contribution in [0.25, 0.3) is 0 Å². The fraction of sp³-hybridized carbons (Fsp3) is 0.938. The number of primary amides is 1. The average molecular weight is 283 g/mol. The summed E-state index contributed by atoms with van der Waals surface area (Å²) < 4.78 is 0. The van der Waals surface area contributed by atoms with Gasteiger partial charge in [-0.15, -0.1) is 0 Å². The van der Waals surface area contributed by atoms with Crippen molar-refractivity contribution in [2.75, 3.05) is 6.54 Å². The first-order valence-electron chi connectivity index (χ1n) is 8.13. The van der Waals surface area contributed by atoms with E-state index in [0.717, 1.165) is 19.0 Å². The van der Waals surface area contributed by atoms with Crippen molar-refractivity contribution in [1.82, 2.24) is 10.2 Å². The average Bonchev–Trinajstić information content (AvgIpc) is 3.12. The molecule has 0 bridgehead atoms. The topological polar surface area (TPSA) is 58.4 Å². The fourth-order valence-corrected chi connectivity index (χ4v) is 3.09. The molecule has 0 aromatic carbocycles. The fourth-order valence-electron chi connectivity index (χ4n) is 3.09. The van der Waals surface area contributed by atoms with Crippen LogP contribution in [0.5, 0.6) is 0 Å². The Morgan fingerprint density at radius 2 is 2.00 bits per heavy atom. The summed E-state index contributed by atoms with van der Waals surface area (Å²) in [6, 6.07) is 1.37. The summed E-state index contributed by atoms with van der Waals surface area (Å²) in [6.07, 6.45) is 5.83. The van der Waals surface area contributed by atoms with Gasteiger partial charge in [-0.1, -0.05) is 13.3 Å². The monoisotopic (exact) mass is 283 g/mol. The van der Waals surface area contributed by atoms with Gasteiger partial charge in [-0.25, -0.2) is 0 Å². The van der Waals surface area contributed by atoms with Gasteiger partial charge in [0, 0.05) is 18.1 Å². The Bertz CT molecular complexity index is 315. The molecule has 0 aromatic heterocycles. The van der Waals surface area contributed by atoms with Gasteiger partial charge in [0.05, 0.1) is 5.54 Å². The van der Waals surface area contributed by atoms with Crippen molar-refractivity contribution < 1.29 is 4.79 Å². The summed E-state index contributed by atoms with van der Waals surface area (Å²) in [5, 5.41) is 3.36. The Morgan fingerprint density at radius 3 is 2.40 bits per heavy atom. The maximum absolute atomic E-state index is 11.9. The molecule has 1 saturated carbocycles. The molecular weight excluding hydrogens is 250 g/mol. The van der Waals surface area contributed by atoms with Crippen LogP contribution in [-0.2, 0) is 4.79 Å². The summed E-state index contributed by atoms with van der Waals surface area (Å²) in [6.45, 7) is 11.7. The van der Waals surface area contributed by atoms with Crippen molar-refractivity contribution in [2.45, 2.75) is 90.4 Å².